The molecule has 0 amide bonds. The van der Waals surface area contributed by atoms with Crippen molar-refractivity contribution in [2.45, 2.75) is 39.6 Å². The Morgan fingerprint density at radius 1 is 0.617 bits per heavy atom. The normalized spacial score (nSPS) is 11.4. The summed E-state index contributed by atoms with van der Waals surface area (Å²) in [4.78, 5) is 21.8. The second-order valence-electron chi connectivity index (χ2n) is 10.8. The van der Waals surface area contributed by atoms with Gasteiger partial charge in [0.2, 0.25) is 5.96 Å². The molecule has 0 aromatic carbocycles. The van der Waals surface area contributed by atoms with Crippen LogP contribution in [0.3, 0.4) is 0 Å². The van der Waals surface area contributed by atoms with E-state index in [9.17, 15) is 0 Å². The summed E-state index contributed by atoms with van der Waals surface area (Å²) in [6, 6.07) is 11.8. The summed E-state index contributed by atoms with van der Waals surface area (Å²) >= 11 is 0. The van der Waals surface area contributed by atoms with Gasteiger partial charge in [-0.1, -0.05) is 0 Å². The molecule has 47 heavy (non-hydrogen) atoms. The molecule has 0 aliphatic rings. The minimum absolute atomic E-state index is 0.0311. The van der Waals surface area contributed by atoms with Crippen LogP contribution in [0.5, 0.6) is 0 Å². The largest absolute Gasteiger partial charge is 0.361 e. The standard InChI is InChI=1S/C29H48N18/c1-18-7-8-19(40-18)16-39-28(34-2)44-25(31)37-15-22-11-12-23(42-22)17-47(6)29(35-3)45-26(32)38-14-21-10-9-20(41-21)13-36-24(30)43-27(33)46(4)5/h7-12,40-42H,13-17H2,1-6H3,(H4,30,33,36,43)(H3,32,35,38,45)(H4,31,34,37,39,44). The monoisotopic (exact) mass is 648 g/mol. The first-order valence-electron chi connectivity index (χ1n) is 14.9. The van der Waals surface area contributed by atoms with Crippen molar-refractivity contribution in [2.24, 2.45) is 9.98 Å². The zero-order chi connectivity index (χ0) is 34.3. The van der Waals surface area contributed by atoms with Gasteiger partial charge in [-0.15, -0.1) is 0 Å². The smallest absolute Gasteiger partial charge is 0.200 e. The predicted octanol–water partition coefficient (Wildman–Crippen LogP) is 0.211. The number of nitrogens with zero attached hydrogens (tertiary/aromatic N) is 4. The quantitative estimate of drug-likeness (QED) is 0.106. The van der Waals surface area contributed by atoms with Crippen molar-refractivity contribution in [1.29, 1.82) is 21.6 Å². The van der Waals surface area contributed by atoms with Crippen molar-refractivity contribution < 1.29 is 0 Å². The lowest BCUT2D eigenvalue weighted by molar-refractivity contribution is 0.479. The van der Waals surface area contributed by atoms with E-state index in [4.69, 9.17) is 21.6 Å². The van der Waals surface area contributed by atoms with Gasteiger partial charge >= 0.3 is 0 Å². The van der Waals surface area contributed by atoms with Crippen LogP contribution in [0.4, 0.5) is 0 Å². The van der Waals surface area contributed by atoms with E-state index in [1.807, 2.05) is 55.3 Å². The fourth-order valence-electron chi connectivity index (χ4n) is 4.20. The molecule has 0 spiro atoms. The Bertz CT molecular complexity index is 1550. The molecule has 3 aromatic heterocycles. The number of aryl methyl sites for hydroxylation is 1. The van der Waals surface area contributed by atoms with Crippen LogP contribution in [0.25, 0.3) is 0 Å². The highest BCUT2D eigenvalue weighted by molar-refractivity contribution is 5.98. The van der Waals surface area contributed by atoms with Gasteiger partial charge < -0.3 is 46.0 Å². The molecule has 0 aliphatic carbocycles. The lowest BCUT2D eigenvalue weighted by Crippen LogP contribution is -2.46. The maximum Gasteiger partial charge on any atom is 0.200 e. The van der Waals surface area contributed by atoms with E-state index in [-0.39, 0.29) is 23.8 Å². The van der Waals surface area contributed by atoms with Crippen LogP contribution in [0.2, 0.25) is 0 Å². The average Bonchev–Trinajstić information content (AvgIpc) is 3.80. The van der Waals surface area contributed by atoms with Gasteiger partial charge in [0.05, 0.1) is 32.7 Å². The summed E-state index contributed by atoms with van der Waals surface area (Å²) in [6.07, 6.45) is 0. The van der Waals surface area contributed by atoms with Gasteiger partial charge in [0.15, 0.2) is 29.8 Å². The molecule has 0 radical (unpaired) electrons. The van der Waals surface area contributed by atoms with Crippen LogP contribution in [-0.2, 0) is 32.7 Å². The zero-order valence-corrected chi connectivity index (χ0v) is 27.8. The summed E-state index contributed by atoms with van der Waals surface area (Å²) in [6.45, 7) is 4.27. The van der Waals surface area contributed by atoms with E-state index < -0.39 is 0 Å². The van der Waals surface area contributed by atoms with Crippen LogP contribution in [0.15, 0.2) is 46.4 Å². The molecule has 0 bridgehead atoms. The number of aromatic nitrogens is 3. The molecular formula is C29H48N18. The number of hydrogen-bond acceptors (Lipinski definition) is 6. The first-order chi connectivity index (χ1) is 22.4. The van der Waals surface area contributed by atoms with E-state index in [0.29, 0.717) is 44.6 Å². The maximum absolute atomic E-state index is 8.35. The molecule has 0 saturated heterocycles. The number of H-pyrrole nitrogens is 3. The fourth-order valence-corrected chi connectivity index (χ4v) is 4.20. The molecule has 3 aromatic rings. The minimum Gasteiger partial charge on any atom is -0.361 e. The van der Waals surface area contributed by atoms with Crippen molar-refractivity contribution >= 4 is 35.8 Å². The van der Waals surface area contributed by atoms with E-state index >= 15 is 0 Å². The number of nitrogens with one attached hydrogen (secondary N) is 14. The maximum atomic E-state index is 8.35. The van der Waals surface area contributed by atoms with Crippen LogP contribution < -0.4 is 37.2 Å². The molecule has 0 fully saturated rings. The zero-order valence-electron chi connectivity index (χ0n) is 27.8. The van der Waals surface area contributed by atoms with E-state index in [1.165, 1.54) is 0 Å². The third-order valence-corrected chi connectivity index (χ3v) is 6.69. The predicted molar refractivity (Wildman–Crippen MR) is 187 cm³/mol. The Morgan fingerprint density at radius 3 is 1.60 bits per heavy atom. The molecule has 18 nitrogen and oxygen atoms in total. The SMILES string of the molecule is C/N=C(/NCc1ccc(C)[nH]1)NC(=N)NCc1ccc(CN(C)/C(=N/C)NC(=N)NCc2ccc(CNC(=N)NC(=N)N(C)C)[nH]2)[nH]1. The Balaban J connectivity index is 1.37. The van der Waals surface area contributed by atoms with Gasteiger partial charge in [0.25, 0.3) is 0 Å². The van der Waals surface area contributed by atoms with Crippen molar-refractivity contribution in [3.63, 3.8) is 0 Å². The Hall–Kier alpha value is -5.94. The van der Waals surface area contributed by atoms with Gasteiger partial charge in [0.1, 0.15) is 0 Å². The van der Waals surface area contributed by atoms with Crippen LogP contribution >= 0.6 is 0 Å². The molecule has 0 aliphatic heterocycles. The highest BCUT2D eigenvalue weighted by Gasteiger charge is 2.11. The molecule has 18 heteroatoms. The van der Waals surface area contributed by atoms with Crippen LogP contribution in [0, 0.1) is 28.6 Å². The summed E-state index contributed by atoms with van der Waals surface area (Å²) in [7, 11) is 8.65. The molecule has 3 rings (SSSR count). The number of hydrogen-bond donors (Lipinski definition) is 14. The minimum atomic E-state index is 0.0311. The molecule has 3 heterocycles. The number of rotatable bonds is 10. The van der Waals surface area contributed by atoms with Gasteiger partial charge in [-0.3, -0.25) is 47.6 Å². The Kier molecular flexibility index (Phi) is 13.2. The average molecular weight is 649 g/mol. The summed E-state index contributed by atoms with van der Waals surface area (Å²) < 4.78 is 0. The Labute approximate surface area is 274 Å². The van der Waals surface area contributed by atoms with Gasteiger partial charge in [-0.25, -0.2) is 0 Å². The van der Waals surface area contributed by atoms with E-state index in [0.717, 1.165) is 34.2 Å². The van der Waals surface area contributed by atoms with Crippen molar-refractivity contribution in [3.05, 3.63) is 70.6 Å². The third kappa shape index (κ3) is 12.2. The lowest BCUT2D eigenvalue weighted by atomic mass is 10.4. The molecule has 0 atom stereocenters. The Morgan fingerprint density at radius 2 is 1.09 bits per heavy atom. The first kappa shape index (κ1) is 35.5. The highest BCUT2D eigenvalue weighted by Crippen LogP contribution is 2.06. The summed E-state index contributed by atoms with van der Waals surface area (Å²) in [5.41, 5.74) is 5.70. The van der Waals surface area contributed by atoms with Crippen LogP contribution in [0.1, 0.15) is 34.2 Å². The first-order valence-corrected chi connectivity index (χ1v) is 14.9. The molecule has 0 saturated carbocycles. The van der Waals surface area contributed by atoms with Crippen LogP contribution in [-0.4, -0.2) is 95.7 Å². The van der Waals surface area contributed by atoms with Gasteiger partial charge in [-0.05, 0) is 43.3 Å². The lowest BCUT2D eigenvalue weighted by Gasteiger charge is -2.22. The molecule has 254 valence electrons. The number of aromatic amines is 3. The van der Waals surface area contributed by atoms with Gasteiger partial charge in [0, 0.05) is 69.4 Å². The highest BCUT2D eigenvalue weighted by atomic mass is 15.3. The van der Waals surface area contributed by atoms with Crippen molar-refractivity contribution in [3.8, 4) is 0 Å². The van der Waals surface area contributed by atoms with E-state index in [2.05, 4.69) is 62.2 Å². The second-order valence-corrected chi connectivity index (χ2v) is 10.8. The fraction of sp³-hybridized carbons (Fsp3) is 0.379. The van der Waals surface area contributed by atoms with Gasteiger partial charge in [-0.2, -0.15) is 0 Å². The number of aliphatic imine (C=N–C) groups is 2. The molecular weight excluding hydrogens is 600 g/mol. The van der Waals surface area contributed by atoms with Crippen molar-refractivity contribution in [2.75, 3.05) is 35.2 Å². The number of guanidine groups is 6. The summed E-state index contributed by atoms with van der Waals surface area (Å²) in [5, 5.41) is 53.0. The topological polar surface area (TPSA) is 258 Å². The molecule has 0 unspecified atom stereocenters. The van der Waals surface area contributed by atoms with E-state index in [1.54, 1.807) is 33.1 Å². The van der Waals surface area contributed by atoms with Crippen molar-refractivity contribution in [1.82, 2.24) is 62.0 Å². The second kappa shape index (κ2) is 17.5. The third-order valence-electron chi connectivity index (χ3n) is 6.69. The molecule has 14 N–H and O–H groups in total. The summed E-state index contributed by atoms with van der Waals surface area (Å²) in [5.74, 6) is 1.36.